The number of hydrogen-bond acceptors (Lipinski definition) is 8. The van der Waals surface area contributed by atoms with Crippen LogP contribution >= 0.6 is 0 Å². The number of amides is 1. The Bertz CT molecular complexity index is 1380. The molecule has 0 spiro atoms. The largest absolute Gasteiger partial charge is 0.497 e. The van der Waals surface area contributed by atoms with E-state index in [1.165, 1.54) is 17.3 Å². The number of nitrogens with zero attached hydrogens (tertiary/aromatic N) is 2. The lowest BCUT2D eigenvalue weighted by atomic mass is 10.0. The number of furan rings is 1. The van der Waals surface area contributed by atoms with Crippen LogP contribution in [0.25, 0.3) is 6.08 Å². The number of sulfonamides is 1. The summed E-state index contributed by atoms with van der Waals surface area (Å²) in [4.78, 5) is 25.1. The number of esters is 1. The minimum Gasteiger partial charge on any atom is -0.497 e. The fourth-order valence-corrected chi connectivity index (χ4v) is 4.35. The zero-order valence-electron chi connectivity index (χ0n) is 19.9. The first kappa shape index (κ1) is 25.9. The van der Waals surface area contributed by atoms with Gasteiger partial charge in [-0.1, -0.05) is 30.3 Å². The first-order valence-corrected chi connectivity index (χ1v) is 12.8. The second-order valence-electron chi connectivity index (χ2n) is 7.99. The van der Waals surface area contributed by atoms with Gasteiger partial charge in [-0.2, -0.15) is 5.10 Å². The molecule has 1 amide bonds. The molecule has 1 unspecified atom stereocenters. The molecule has 2 aromatic carbocycles. The van der Waals surface area contributed by atoms with E-state index in [1.807, 2.05) is 18.2 Å². The Balaban J connectivity index is 1.36. The highest BCUT2D eigenvalue weighted by atomic mass is 32.2. The Morgan fingerprint density at radius 1 is 1.11 bits per heavy atom. The Hall–Kier alpha value is -4.22. The lowest BCUT2D eigenvalue weighted by Gasteiger charge is -2.19. The predicted molar refractivity (Wildman–Crippen MR) is 136 cm³/mol. The smallest absolute Gasteiger partial charge is 0.321 e. The van der Waals surface area contributed by atoms with Gasteiger partial charge in [0.25, 0.3) is 5.91 Å². The van der Waals surface area contributed by atoms with Gasteiger partial charge in [0.15, 0.2) is 6.61 Å². The van der Waals surface area contributed by atoms with E-state index >= 15 is 0 Å². The second kappa shape index (κ2) is 11.7. The van der Waals surface area contributed by atoms with E-state index in [4.69, 9.17) is 13.9 Å². The van der Waals surface area contributed by atoms with Crippen LogP contribution in [0.5, 0.6) is 5.75 Å². The Morgan fingerprint density at radius 2 is 1.86 bits per heavy atom. The maximum absolute atomic E-state index is 12.9. The molecular formula is C26H25N3O7S. The summed E-state index contributed by atoms with van der Waals surface area (Å²) in [5.74, 6) is -0.260. The fraction of sp³-hybridized carbons (Fsp3) is 0.192. The van der Waals surface area contributed by atoms with Crippen LogP contribution in [0.3, 0.4) is 0 Å². The second-order valence-corrected chi connectivity index (χ2v) is 9.64. The van der Waals surface area contributed by atoms with Crippen LogP contribution in [-0.2, 0) is 24.3 Å². The van der Waals surface area contributed by atoms with Gasteiger partial charge in [-0.15, -0.1) is 0 Å². The van der Waals surface area contributed by atoms with Gasteiger partial charge in [0.1, 0.15) is 24.1 Å². The van der Waals surface area contributed by atoms with Crippen molar-refractivity contribution in [1.29, 1.82) is 0 Å². The number of carbonyl (C=O) groups is 2. The van der Waals surface area contributed by atoms with E-state index in [1.54, 1.807) is 55.6 Å². The van der Waals surface area contributed by atoms with E-state index in [0.29, 0.717) is 29.2 Å². The molecule has 1 aliphatic rings. The van der Waals surface area contributed by atoms with Crippen molar-refractivity contribution in [3.8, 4) is 5.75 Å². The van der Waals surface area contributed by atoms with Gasteiger partial charge in [0.2, 0.25) is 10.0 Å². The molecule has 0 radical (unpaired) electrons. The number of carbonyl (C=O) groups excluding carboxylic acids is 2. The van der Waals surface area contributed by atoms with Crippen LogP contribution in [0.2, 0.25) is 0 Å². The van der Waals surface area contributed by atoms with E-state index in [9.17, 15) is 18.0 Å². The minimum absolute atomic E-state index is 0.396. The maximum Gasteiger partial charge on any atom is 0.321 e. The number of hydrogen-bond donors (Lipinski definition) is 1. The summed E-state index contributed by atoms with van der Waals surface area (Å²) in [6.45, 7) is -1.24. The van der Waals surface area contributed by atoms with Gasteiger partial charge in [-0.25, -0.2) is 18.1 Å². The summed E-state index contributed by atoms with van der Waals surface area (Å²) in [5, 5.41) is 6.63. The standard InChI is InChI=1S/C26H25N3O7S/c1-34-21-11-9-20(10-12-21)22-16-23(24-8-5-14-35-24)29(28-22)25(30)18-36-26(31)17-27-37(32,33)15-13-19-6-3-2-4-7-19/h2-15,23,27H,16-18H2,1H3. The van der Waals surface area contributed by atoms with Gasteiger partial charge >= 0.3 is 5.97 Å². The van der Waals surface area contributed by atoms with Crippen LogP contribution in [0, 0.1) is 0 Å². The monoisotopic (exact) mass is 523 g/mol. The first-order chi connectivity index (χ1) is 17.8. The maximum atomic E-state index is 12.9. The van der Waals surface area contributed by atoms with Gasteiger partial charge in [0, 0.05) is 11.8 Å². The number of ether oxygens (including phenoxy) is 2. The summed E-state index contributed by atoms with van der Waals surface area (Å²) in [6, 6.07) is 19.0. The molecule has 1 N–H and O–H groups in total. The normalized spacial score (nSPS) is 15.5. The third kappa shape index (κ3) is 6.93. The third-order valence-corrected chi connectivity index (χ3v) is 6.52. The lowest BCUT2D eigenvalue weighted by molar-refractivity contribution is -0.152. The van der Waals surface area contributed by atoms with Crippen molar-refractivity contribution in [3.05, 3.63) is 95.3 Å². The Kier molecular flexibility index (Phi) is 8.16. The molecule has 0 saturated heterocycles. The summed E-state index contributed by atoms with van der Waals surface area (Å²) in [7, 11) is -2.31. The average Bonchev–Trinajstić information content (AvgIpc) is 3.61. The molecule has 3 aromatic rings. The molecule has 192 valence electrons. The number of rotatable bonds is 10. The van der Waals surface area contributed by atoms with Crippen molar-refractivity contribution < 1.29 is 31.9 Å². The first-order valence-electron chi connectivity index (χ1n) is 11.3. The molecule has 0 saturated carbocycles. The van der Waals surface area contributed by atoms with Crippen molar-refractivity contribution in [2.45, 2.75) is 12.5 Å². The predicted octanol–water partition coefficient (Wildman–Crippen LogP) is 3.10. The van der Waals surface area contributed by atoms with Crippen LogP contribution in [0.1, 0.15) is 29.3 Å². The van der Waals surface area contributed by atoms with Gasteiger partial charge in [-0.3, -0.25) is 9.59 Å². The van der Waals surface area contributed by atoms with Gasteiger partial charge in [-0.05, 0) is 53.6 Å². The molecular weight excluding hydrogens is 498 g/mol. The third-order valence-electron chi connectivity index (χ3n) is 5.47. The van der Waals surface area contributed by atoms with Crippen LogP contribution in [-0.4, -0.2) is 51.3 Å². The van der Waals surface area contributed by atoms with Gasteiger partial charge < -0.3 is 13.9 Å². The molecule has 37 heavy (non-hydrogen) atoms. The molecule has 4 rings (SSSR count). The molecule has 0 fully saturated rings. The molecule has 11 heteroatoms. The van der Waals surface area contributed by atoms with Crippen LogP contribution in [0.4, 0.5) is 0 Å². The average molecular weight is 524 g/mol. The Morgan fingerprint density at radius 3 is 2.54 bits per heavy atom. The molecule has 1 aromatic heterocycles. The molecule has 1 atom stereocenters. The summed E-state index contributed by atoms with van der Waals surface area (Å²) in [6.07, 6.45) is 3.30. The number of nitrogens with one attached hydrogen (secondary N) is 1. The van der Waals surface area contributed by atoms with Crippen molar-refractivity contribution in [1.82, 2.24) is 9.73 Å². The molecule has 1 aliphatic heterocycles. The van der Waals surface area contributed by atoms with Crippen LogP contribution < -0.4 is 9.46 Å². The molecule has 0 bridgehead atoms. The highest BCUT2D eigenvalue weighted by Gasteiger charge is 2.35. The molecule has 10 nitrogen and oxygen atoms in total. The number of benzene rings is 2. The zero-order valence-corrected chi connectivity index (χ0v) is 20.8. The van der Waals surface area contributed by atoms with Crippen molar-refractivity contribution in [2.24, 2.45) is 5.10 Å². The molecule has 0 aliphatic carbocycles. The van der Waals surface area contributed by atoms with E-state index in [-0.39, 0.29) is 0 Å². The quantitative estimate of drug-likeness (QED) is 0.405. The van der Waals surface area contributed by atoms with Crippen LogP contribution in [0.15, 0.2) is 87.9 Å². The van der Waals surface area contributed by atoms with Crippen molar-refractivity contribution in [3.63, 3.8) is 0 Å². The minimum atomic E-state index is -3.88. The topological polar surface area (TPSA) is 128 Å². The van der Waals surface area contributed by atoms with E-state index in [0.717, 1.165) is 11.0 Å². The van der Waals surface area contributed by atoms with E-state index < -0.39 is 41.1 Å². The number of methoxy groups -OCH3 is 1. The summed E-state index contributed by atoms with van der Waals surface area (Å²) < 4.78 is 42.1. The Labute approximate surface area is 214 Å². The SMILES string of the molecule is COc1ccc(C2=NN(C(=O)COC(=O)CNS(=O)(=O)C=Cc3ccccc3)C(c3ccco3)C2)cc1. The highest BCUT2D eigenvalue weighted by Crippen LogP contribution is 2.33. The van der Waals surface area contributed by atoms with Crippen molar-refractivity contribution in [2.75, 3.05) is 20.3 Å². The molecule has 2 heterocycles. The lowest BCUT2D eigenvalue weighted by Crippen LogP contribution is -2.34. The highest BCUT2D eigenvalue weighted by molar-refractivity contribution is 7.92. The van der Waals surface area contributed by atoms with Gasteiger partial charge in [0.05, 0.1) is 19.1 Å². The fourth-order valence-electron chi connectivity index (χ4n) is 3.60. The number of hydrazone groups is 1. The van der Waals surface area contributed by atoms with E-state index in [2.05, 4.69) is 9.82 Å². The van der Waals surface area contributed by atoms with Crippen molar-refractivity contribution >= 4 is 33.7 Å². The zero-order chi connectivity index (χ0) is 26.3. The summed E-state index contributed by atoms with van der Waals surface area (Å²) in [5.41, 5.74) is 2.15. The summed E-state index contributed by atoms with van der Waals surface area (Å²) >= 11 is 0.